The van der Waals surface area contributed by atoms with E-state index in [2.05, 4.69) is 35.5 Å². The van der Waals surface area contributed by atoms with Crippen LogP contribution < -0.4 is 10.2 Å². The second-order valence-corrected chi connectivity index (χ2v) is 6.57. The molecule has 1 aromatic carbocycles. The van der Waals surface area contributed by atoms with Crippen molar-refractivity contribution in [1.29, 1.82) is 0 Å². The Labute approximate surface area is 159 Å². The van der Waals surface area contributed by atoms with Crippen molar-refractivity contribution in [3.05, 3.63) is 61.2 Å². The molecule has 0 saturated carbocycles. The Morgan fingerprint density at radius 3 is 2.93 bits per heavy atom. The zero-order valence-electron chi connectivity index (χ0n) is 14.9. The fraction of sp³-hybridized carbons (Fsp3) is 0.222. The maximum absolute atomic E-state index is 12.5. The number of carbonyl (C=O) groups excluding carboxylic acids is 1. The number of nitrogens with one attached hydrogen (secondary N) is 1. The van der Waals surface area contributed by atoms with Crippen molar-refractivity contribution in [2.45, 2.75) is 12.5 Å². The first kappa shape index (κ1) is 16.4. The van der Waals surface area contributed by atoms with Crippen LogP contribution in [0.2, 0.25) is 0 Å². The summed E-state index contributed by atoms with van der Waals surface area (Å²) in [5.41, 5.74) is 1.56. The van der Waals surface area contributed by atoms with E-state index in [0.717, 1.165) is 24.5 Å². The number of benzene rings is 1. The highest BCUT2D eigenvalue weighted by Gasteiger charge is 2.27. The van der Waals surface area contributed by atoms with Gasteiger partial charge in [0, 0.05) is 31.5 Å². The molecule has 10 nitrogen and oxygen atoms in total. The van der Waals surface area contributed by atoms with E-state index >= 15 is 0 Å². The first-order valence-corrected chi connectivity index (χ1v) is 8.95. The molecule has 0 radical (unpaired) electrons. The van der Waals surface area contributed by atoms with E-state index in [9.17, 15) is 4.79 Å². The lowest BCUT2D eigenvalue weighted by molar-refractivity contribution is 0.0930. The first-order chi connectivity index (χ1) is 13.8. The van der Waals surface area contributed by atoms with Gasteiger partial charge in [-0.1, -0.05) is 18.2 Å². The molecule has 1 aliphatic heterocycles. The lowest BCUT2D eigenvalue weighted by atomic mass is 10.2. The van der Waals surface area contributed by atoms with E-state index in [-0.39, 0.29) is 17.8 Å². The fourth-order valence-corrected chi connectivity index (χ4v) is 3.36. The molecule has 0 bridgehead atoms. The van der Waals surface area contributed by atoms with Gasteiger partial charge < -0.3 is 10.2 Å². The van der Waals surface area contributed by atoms with E-state index in [1.165, 1.54) is 0 Å². The molecule has 5 rings (SSSR count). The summed E-state index contributed by atoms with van der Waals surface area (Å²) in [6, 6.07) is 9.55. The molecular formula is C18H17N9O. The molecule has 0 spiro atoms. The summed E-state index contributed by atoms with van der Waals surface area (Å²) in [7, 11) is 0. The van der Waals surface area contributed by atoms with E-state index in [4.69, 9.17) is 0 Å². The van der Waals surface area contributed by atoms with Crippen molar-refractivity contribution in [1.82, 2.24) is 39.7 Å². The van der Waals surface area contributed by atoms with Crippen molar-refractivity contribution in [2.75, 3.05) is 18.0 Å². The third-order valence-corrected chi connectivity index (χ3v) is 4.74. The van der Waals surface area contributed by atoms with Crippen LogP contribution in [0.3, 0.4) is 0 Å². The summed E-state index contributed by atoms with van der Waals surface area (Å²) in [4.78, 5) is 23.2. The second kappa shape index (κ2) is 6.72. The summed E-state index contributed by atoms with van der Waals surface area (Å²) in [5, 5.41) is 15.3. The van der Waals surface area contributed by atoms with Crippen LogP contribution in [0.1, 0.15) is 17.0 Å². The highest BCUT2D eigenvalue weighted by Crippen LogP contribution is 2.21. The van der Waals surface area contributed by atoms with Gasteiger partial charge >= 0.3 is 0 Å². The number of hydrogen-bond acceptors (Lipinski definition) is 7. The Morgan fingerprint density at radius 2 is 2.04 bits per heavy atom. The number of para-hydroxylation sites is 1. The summed E-state index contributed by atoms with van der Waals surface area (Å²) >= 11 is 0. The minimum absolute atomic E-state index is 0.0128. The molecule has 1 fully saturated rings. The number of hydrogen-bond donors (Lipinski definition) is 1. The molecular weight excluding hydrogens is 358 g/mol. The van der Waals surface area contributed by atoms with Crippen molar-refractivity contribution < 1.29 is 4.79 Å². The van der Waals surface area contributed by atoms with E-state index < -0.39 is 0 Å². The molecule has 4 aromatic rings. The number of anilines is 1. The van der Waals surface area contributed by atoms with Crippen LogP contribution >= 0.6 is 0 Å². The quantitative estimate of drug-likeness (QED) is 0.560. The standard InChI is InChI=1S/C18H17N9O/c28-18(15-20-11-27(24-15)14-4-2-1-3-5-14)22-13-6-8-25(10-13)16-17-23-21-12-26(17)9-7-19-16/h1-5,7,9,11-13H,6,8,10H2,(H,22,28). The maximum Gasteiger partial charge on any atom is 0.291 e. The van der Waals surface area contributed by atoms with Crippen LogP contribution in [0.15, 0.2) is 55.4 Å². The number of amides is 1. The molecule has 4 heterocycles. The fourth-order valence-electron chi connectivity index (χ4n) is 3.36. The van der Waals surface area contributed by atoms with Gasteiger partial charge in [0.1, 0.15) is 12.7 Å². The average molecular weight is 375 g/mol. The largest absolute Gasteiger partial charge is 0.351 e. The second-order valence-electron chi connectivity index (χ2n) is 6.57. The summed E-state index contributed by atoms with van der Waals surface area (Å²) in [6.45, 7) is 1.42. The molecule has 140 valence electrons. The van der Waals surface area contributed by atoms with Crippen molar-refractivity contribution >= 4 is 17.4 Å². The molecule has 0 aliphatic carbocycles. The number of carbonyl (C=O) groups is 1. The molecule has 1 N–H and O–H groups in total. The Kier molecular flexibility index (Phi) is 3.93. The lowest BCUT2D eigenvalue weighted by Gasteiger charge is -2.17. The van der Waals surface area contributed by atoms with Crippen LogP contribution in [0.4, 0.5) is 5.82 Å². The average Bonchev–Trinajstić information content (AvgIpc) is 3.48. The molecule has 1 amide bonds. The van der Waals surface area contributed by atoms with Crippen molar-refractivity contribution in [3.8, 4) is 5.69 Å². The third kappa shape index (κ3) is 2.94. The topological polar surface area (TPSA) is 106 Å². The van der Waals surface area contributed by atoms with Gasteiger partial charge in [0.05, 0.1) is 5.69 Å². The smallest absolute Gasteiger partial charge is 0.291 e. The summed E-state index contributed by atoms with van der Waals surface area (Å²) in [6.07, 6.45) is 7.52. The molecule has 3 aromatic heterocycles. The van der Waals surface area contributed by atoms with Gasteiger partial charge in [-0.05, 0) is 18.6 Å². The van der Waals surface area contributed by atoms with Crippen LogP contribution in [-0.2, 0) is 0 Å². The zero-order valence-corrected chi connectivity index (χ0v) is 14.9. The van der Waals surface area contributed by atoms with Crippen LogP contribution in [0.25, 0.3) is 11.3 Å². The molecule has 1 aliphatic rings. The number of aromatic nitrogens is 7. The predicted octanol–water partition coefficient (Wildman–Crippen LogP) is 0.714. The van der Waals surface area contributed by atoms with Crippen molar-refractivity contribution in [2.24, 2.45) is 0 Å². The van der Waals surface area contributed by atoms with E-state index in [1.54, 1.807) is 23.5 Å². The summed E-state index contributed by atoms with van der Waals surface area (Å²) in [5.74, 6) is 0.637. The zero-order chi connectivity index (χ0) is 18.9. The van der Waals surface area contributed by atoms with Gasteiger partial charge in [0.15, 0.2) is 5.82 Å². The van der Waals surface area contributed by atoms with Crippen molar-refractivity contribution in [3.63, 3.8) is 0 Å². The first-order valence-electron chi connectivity index (χ1n) is 8.95. The Hall–Kier alpha value is -3.82. The van der Waals surface area contributed by atoms with Gasteiger partial charge in [0.2, 0.25) is 11.5 Å². The molecule has 1 atom stereocenters. The van der Waals surface area contributed by atoms with Gasteiger partial charge in [-0.3, -0.25) is 9.20 Å². The number of nitrogens with zero attached hydrogens (tertiary/aromatic N) is 8. The molecule has 1 saturated heterocycles. The summed E-state index contributed by atoms with van der Waals surface area (Å²) < 4.78 is 3.42. The minimum Gasteiger partial charge on any atom is -0.351 e. The molecule has 28 heavy (non-hydrogen) atoms. The minimum atomic E-state index is -0.282. The Bertz CT molecular complexity index is 1120. The van der Waals surface area contributed by atoms with Gasteiger partial charge in [0.25, 0.3) is 5.91 Å². The van der Waals surface area contributed by atoms with Crippen LogP contribution in [-0.4, -0.2) is 59.4 Å². The number of rotatable bonds is 4. The van der Waals surface area contributed by atoms with Crippen LogP contribution in [0, 0.1) is 0 Å². The SMILES string of the molecule is O=C(NC1CCN(c2nccn3cnnc23)C1)c1ncn(-c2ccccc2)n1. The molecule has 1 unspecified atom stereocenters. The van der Waals surface area contributed by atoms with Gasteiger partial charge in [-0.2, -0.15) is 0 Å². The number of fused-ring (bicyclic) bond motifs is 1. The van der Waals surface area contributed by atoms with E-state index in [0.29, 0.717) is 12.2 Å². The third-order valence-electron chi connectivity index (χ3n) is 4.74. The normalized spacial score (nSPS) is 16.6. The predicted molar refractivity (Wildman–Crippen MR) is 100 cm³/mol. The van der Waals surface area contributed by atoms with E-state index in [1.807, 2.05) is 40.9 Å². The molecule has 10 heteroatoms. The highest BCUT2D eigenvalue weighted by atomic mass is 16.2. The maximum atomic E-state index is 12.5. The van der Waals surface area contributed by atoms with Crippen LogP contribution in [0.5, 0.6) is 0 Å². The Balaban J connectivity index is 1.27. The van der Waals surface area contributed by atoms with Gasteiger partial charge in [-0.25, -0.2) is 14.6 Å². The lowest BCUT2D eigenvalue weighted by Crippen LogP contribution is -2.37. The Morgan fingerprint density at radius 1 is 1.14 bits per heavy atom. The van der Waals surface area contributed by atoms with Gasteiger partial charge in [-0.15, -0.1) is 15.3 Å². The highest BCUT2D eigenvalue weighted by molar-refractivity contribution is 5.90. The monoisotopic (exact) mass is 375 g/mol.